The number of guanidine groups is 1. The Bertz CT molecular complexity index is 670. The number of aliphatic imine (C=N–C) groups is 1. The molecule has 2 fully saturated rings. The number of nitrogens with zero attached hydrogens (tertiary/aromatic N) is 2. The van der Waals surface area contributed by atoms with Gasteiger partial charge in [0.05, 0.1) is 13.2 Å². The lowest BCUT2D eigenvalue weighted by atomic mass is 9.69. The van der Waals surface area contributed by atoms with Gasteiger partial charge in [-0.15, -0.1) is 24.0 Å². The molecule has 1 aliphatic heterocycles. The second kappa shape index (κ2) is 14.3. The highest BCUT2D eigenvalue weighted by Crippen LogP contribution is 2.39. The first-order valence-corrected chi connectivity index (χ1v) is 11.9. The summed E-state index contributed by atoms with van der Waals surface area (Å²) in [5.74, 6) is 1.95. The lowest BCUT2D eigenvalue weighted by molar-refractivity contribution is 0.00985. The number of methoxy groups -OCH3 is 2. The van der Waals surface area contributed by atoms with Crippen molar-refractivity contribution >= 4 is 29.9 Å². The first-order valence-electron chi connectivity index (χ1n) is 11.9. The Labute approximate surface area is 211 Å². The van der Waals surface area contributed by atoms with Gasteiger partial charge in [-0.05, 0) is 49.8 Å². The molecule has 0 atom stereocenters. The van der Waals surface area contributed by atoms with Crippen molar-refractivity contribution in [1.82, 2.24) is 10.2 Å². The Morgan fingerprint density at radius 1 is 1.06 bits per heavy atom. The van der Waals surface area contributed by atoms with E-state index in [4.69, 9.17) is 14.2 Å². The Morgan fingerprint density at radius 2 is 1.75 bits per heavy atom. The number of nitrogens with one attached hydrogen (secondary N) is 1. The van der Waals surface area contributed by atoms with Crippen LogP contribution < -0.4 is 10.1 Å². The molecule has 3 rings (SSSR count). The summed E-state index contributed by atoms with van der Waals surface area (Å²) in [7, 11) is 5.37. The third-order valence-electron chi connectivity index (χ3n) is 6.90. The molecular weight excluding hydrogens is 517 g/mol. The number of hydrogen-bond acceptors (Lipinski definition) is 4. The minimum Gasteiger partial charge on any atom is -0.497 e. The first-order chi connectivity index (χ1) is 15.2. The maximum absolute atomic E-state index is 6.02. The molecule has 1 aliphatic carbocycles. The van der Waals surface area contributed by atoms with Crippen LogP contribution in [0, 0.1) is 0 Å². The molecule has 0 spiro atoms. The maximum atomic E-state index is 6.02. The van der Waals surface area contributed by atoms with Crippen LogP contribution in [0.2, 0.25) is 0 Å². The van der Waals surface area contributed by atoms with E-state index < -0.39 is 0 Å². The second-order valence-corrected chi connectivity index (χ2v) is 8.87. The number of ether oxygens (including phenoxy) is 3. The fourth-order valence-electron chi connectivity index (χ4n) is 5.01. The highest BCUT2D eigenvalue weighted by atomic mass is 127. The van der Waals surface area contributed by atoms with Gasteiger partial charge >= 0.3 is 0 Å². The van der Waals surface area contributed by atoms with Crippen LogP contribution in [0.25, 0.3) is 0 Å². The molecule has 2 aliphatic rings. The molecule has 0 unspecified atom stereocenters. The zero-order chi connectivity index (χ0) is 21.9. The van der Waals surface area contributed by atoms with E-state index in [1.54, 1.807) is 14.2 Å². The SMILES string of the molecule is CN=C(NCC1(c2ccc(OC)cc2)CCCCC1)N1CCC(OCCCOC)CC1.I. The highest BCUT2D eigenvalue weighted by molar-refractivity contribution is 14.0. The normalized spacial score (nSPS) is 19.3. The third-order valence-corrected chi connectivity index (χ3v) is 6.90. The summed E-state index contributed by atoms with van der Waals surface area (Å²) in [6, 6.07) is 8.69. The van der Waals surface area contributed by atoms with Crippen LogP contribution in [0.15, 0.2) is 29.3 Å². The van der Waals surface area contributed by atoms with E-state index in [2.05, 4.69) is 39.5 Å². The lowest BCUT2D eigenvalue weighted by Gasteiger charge is -2.40. The number of likely N-dealkylation sites (tertiary alicyclic amines) is 1. The zero-order valence-electron chi connectivity index (χ0n) is 20.1. The van der Waals surface area contributed by atoms with E-state index in [1.165, 1.54) is 37.7 Å². The summed E-state index contributed by atoms with van der Waals surface area (Å²) >= 11 is 0. The maximum Gasteiger partial charge on any atom is 0.193 e. The molecule has 0 amide bonds. The van der Waals surface area contributed by atoms with E-state index in [-0.39, 0.29) is 29.4 Å². The summed E-state index contributed by atoms with van der Waals surface area (Å²) in [5, 5.41) is 3.74. The molecule has 0 bridgehead atoms. The number of halogens is 1. The van der Waals surface area contributed by atoms with Gasteiger partial charge in [0, 0.05) is 52.4 Å². The van der Waals surface area contributed by atoms with Crippen molar-refractivity contribution in [2.24, 2.45) is 4.99 Å². The van der Waals surface area contributed by atoms with Crippen molar-refractivity contribution < 1.29 is 14.2 Å². The number of piperidine rings is 1. The summed E-state index contributed by atoms with van der Waals surface area (Å²) in [6.45, 7) is 4.47. The monoisotopic (exact) mass is 559 g/mol. The quantitative estimate of drug-likeness (QED) is 0.207. The van der Waals surface area contributed by atoms with Gasteiger partial charge in [-0.1, -0.05) is 31.4 Å². The molecule has 7 heteroatoms. The molecule has 1 saturated heterocycles. The van der Waals surface area contributed by atoms with Gasteiger partial charge in [-0.2, -0.15) is 0 Å². The van der Waals surface area contributed by atoms with Gasteiger partial charge in [0.2, 0.25) is 0 Å². The molecule has 0 radical (unpaired) electrons. The van der Waals surface area contributed by atoms with E-state index in [0.717, 1.165) is 63.8 Å². The van der Waals surface area contributed by atoms with Gasteiger partial charge in [0.15, 0.2) is 5.96 Å². The highest BCUT2D eigenvalue weighted by Gasteiger charge is 2.34. The summed E-state index contributed by atoms with van der Waals surface area (Å²) in [4.78, 5) is 7.00. The molecule has 1 saturated carbocycles. The van der Waals surface area contributed by atoms with Crippen LogP contribution in [0.5, 0.6) is 5.75 Å². The topological polar surface area (TPSA) is 55.3 Å². The van der Waals surface area contributed by atoms with Gasteiger partial charge in [-0.3, -0.25) is 4.99 Å². The molecule has 1 aromatic carbocycles. The van der Waals surface area contributed by atoms with Crippen molar-refractivity contribution in [1.29, 1.82) is 0 Å². The van der Waals surface area contributed by atoms with Crippen molar-refractivity contribution in [3.05, 3.63) is 29.8 Å². The molecule has 1 heterocycles. The number of rotatable bonds is 9. The summed E-state index contributed by atoms with van der Waals surface area (Å²) in [6.07, 6.45) is 9.79. The van der Waals surface area contributed by atoms with Crippen LogP contribution in [0.1, 0.15) is 56.9 Å². The molecule has 1 aromatic rings. The van der Waals surface area contributed by atoms with Gasteiger partial charge < -0.3 is 24.4 Å². The average Bonchev–Trinajstić information content (AvgIpc) is 2.84. The molecule has 182 valence electrons. The largest absolute Gasteiger partial charge is 0.497 e. The predicted octanol–water partition coefficient (Wildman–Crippen LogP) is 4.61. The fraction of sp³-hybridized carbons (Fsp3) is 0.720. The lowest BCUT2D eigenvalue weighted by Crippen LogP contribution is -2.51. The van der Waals surface area contributed by atoms with Crippen molar-refractivity contribution in [3.8, 4) is 5.75 Å². The van der Waals surface area contributed by atoms with E-state index in [0.29, 0.717) is 6.10 Å². The van der Waals surface area contributed by atoms with Crippen LogP contribution >= 0.6 is 24.0 Å². The van der Waals surface area contributed by atoms with Crippen LogP contribution in [0.3, 0.4) is 0 Å². The Morgan fingerprint density at radius 3 is 2.34 bits per heavy atom. The van der Waals surface area contributed by atoms with Gasteiger partial charge in [-0.25, -0.2) is 0 Å². The smallest absolute Gasteiger partial charge is 0.193 e. The molecule has 1 N–H and O–H groups in total. The minimum absolute atomic E-state index is 0. The van der Waals surface area contributed by atoms with Crippen LogP contribution in [0.4, 0.5) is 0 Å². The Balaban J connectivity index is 0.00000363. The van der Waals surface area contributed by atoms with Crippen molar-refractivity contribution in [2.45, 2.75) is 62.9 Å². The summed E-state index contributed by atoms with van der Waals surface area (Å²) < 4.78 is 16.5. The Hall–Kier alpha value is -1.06. The predicted molar refractivity (Wildman–Crippen MR) is 142 cm³/mol. The van der Waals surface area contributed by atoms with E-state index in [1.807, 2.05) is 7.05 Å². The van der Waals surface area contributed by atoms with E-state index >= 15 is 0 Å². The standard InChI is InChI=1S/C25H41N3O3.HI/c1-26-24(28-16-12-23(13-17-28)31-19-7-18-29-2)27-20-25(14-5-4-6-15-25)21-8-10-22(30-3)11-9-21;/h8-11,23H,4-7,12-20H2,1-3H3,(H,26,27);1H. The number of hydrogen-bond donors (Lipinski definition) is 1. The Kier molecular flexibility index (Phi) is 12.1. The van der Waals surface area contributed by atoms with Crippen LogP contribution in [-0.2, 0) is 14.9 Å². The first kappa shape index (κ1) is 27.2. The molecule has 32 heavy (non-hydrogen) atoms. The van der Waals surface area contributed by atoms with E-state index in [9.17, 15) is 0 Å². The fourth-order valence-corrected chi connectivity index (χ4v) is 5.01. The zero-order valence-corrected chi connectivity index (χ0v) is 22.4. The second-order valence-electron chi connectivity index (χ2n) is 8.87. The number of benzene rings is 1. The summed E-state index contributed by atoms with van der Waals surface area (Å²) in [5.41, 5.74) is 1.59. The molecule has 6 nitrogen and oxygen atoms in total. The van der Waals surface area contributed by atoms with Crippen LogP contribution in [-0.4, -0.2) is 71.1 Å². The van der Waals surface area contributed by atoms with Crippen molar-refractivity contribution in [3.63, 3.8) is 0 Å². The van der Waals surface area contributed by atoms with Gasteiger partial charge in [0.1, 0.15) is 5.75 Å². The third kappa shape index (κ3) is 7.48. The van der Waals surface area contributed by atoms with Gasteiger partial charge in [0.25, 0.3) is 0 Å². The average molecular weight is 560 g/mol. The minimum atomic E-state index is 0. The molecular formula is C25H42IN3O3. The van der Waals surface area contributed by atoms with Crippen molar-refractivity contribution in [2.75, 3.05) is 54.1 Å². The molecule has 0 aromatic heterocycles.